The van der Waals surface area contributed by atoms with E-state index < -0.39 is 11.9 Å². The third-order valence-electron chi connectivity index (χ3n) is 3.22. The number of aryl methyl sites for hydroxylation is 2. The van der Waals surface area contributed by atoms with Crippen LogP contribution in [0.5, 0.6) is 0 Å². The normalized spacial score (nSPS) is 15.2. The second-order valence-electron chi connectivity index (χ2n) is 4.64. The van der Waals surface area contributed by atoms with E-state index in [2.05, 4.69) is 9.97 Å². The highest BCUT2D eigenvalue weighted by atomic mass is 35.5. The van der Waals surface area contributed by atoms with Gasteiger partial charge in [0.25, 0.3) is 0 Å². The zero-order valence-electron chi connectivity index (χ0n) is 10.3. The van der Waals surface area contributed by atoms with Crippen LogP contribution >= 0.6 is 11.6 Å². The first-order chi connectivity index (χ1) is 9.45. The number of aromatic nitrogens is 2. The molecule has 0 saturated carbocycles. The maximum absolute atomic E-state index is 12.7. The Hall–Kier alpha value is -1.56. The lowest BCUT2D eigenvalue weighted by Crippen LogP contribution is -2.07. The molecule has 0 fully saturated rings. The SMILES string of the molecule is FC(F)(F)c1cc(-c2nc3c(o2)CCCC3)c(Cl)cn1. The van der Waals surface area contributed by atoms with Crippen molar-refractivity contribution in [2.75, 3.05) is 0 Å². The molecule has 0 radical (unpaired) electrons. The number of hydrogen-bond donors (Lipinski definition) is 0. The van der Waals surface area contributed by atoms with Crippen LogP contribution in [-0.4, -0.2) is 9.97 Å². The molecular formula is C13H10ClF3N2O. The van der Waals surface area contributed by atoms with Crippen LogP contribution < -0.4 is 0 Å². The van der Waals surface area contributed by atoms with E-state index in [0.29, 0.717) is 0 Å². The van der Waals surface area contributed by atoms with Gasteiger partial charge in [-0.1, -0.05) is 11.6 Å². The topological polar surface area (TPSA) is 38.9 Å². The van der Waals surface area contributed by atoms with Crippen LogP contribution in [0.25, 0.3) is 11.5 Å². The van der Waals surface area contributed by atoms with E-state index in [1.54, 1.807) is 0 Å². The number of fused-ring (bicyclic) bond motifs is 1. The number of halogens is 4. The monoisotopic (exact) mass is 302 g/mol. The van der Waals surface area contributed by atoms with Crippen LogP contribution in [0.3, 0.4) is 0 Å². The second kappa shape index (κ2) is 4.77. The molecule has 0 bridgehead atoms. The van der Waals surface area contributed by atoms with Crippen molar-refractivity contribution in [2.45, 2.75) is 31.9 Å². The van der Waals surface area contributed by atoms with Gasteiger partial charge in [0, 0.05) is 12.6 Å². The predicted molar refractivity (Wildman–Crippen MR) is 66.4 cm³/mol. The number of pyridine rings is 1. The highest BCUT2D eigenvalue weighted by molar-refractivity contribution is 6.33. The zero-order chi connectivity index (χ0) is 14.3. The number of hydrogen-bond acceptors (Lipinski definition) is 3. The van der Waals surface area contributed by atoms with Gasteiger partial charge in [0.1, 0.15) is 11.5 Å². The molecule has 2 aromatic rings. The number of nitrogens with zero attached hydrogens (tertiary/aromatic N) is 2. The van der Waals surface area contributed by atoms with E-state index in [1.807, 2.05) is 0 Å². The fraction of sp³-hybridized carbons (Fsp3) is 0.385. The van der Waals surface area contributed by atoms with Gasteiger partial charge in [-0.15, -0.1) is 0 Å². The highest BCUT2D eigenvalue weighted by Gasteiger charge is 2.33. The van der Waals surface area contributed by atoms with Crippen molar-refractivity contribution in [1.82, 2.24) is 9.97 Å². The Morgan fingerprint density at radius 1 is 1.20 bits per heavy atom. The Labute approximate surface area is 117 Å². The summed E-state index contributed by atoms with van der Waals surface area (Å²) in [5, 5.41) is 0.0941. The minimum absolute atomic E-state index is 0.0941. The Morgan fingerprint density at radius 3 is 2.65 bits per heavy atom. The van der Waals surface area contributed by atoms with Crippen molar-refractivity contribution in [3.63, 3.8) is 0 Å². The van der Waals surface area contributed by atoms with Crippen LogP contribution in [0.1, 0.15) is 30.0 Å². The van der Waals surface area contributed by atoms with Crippen molar-refractivity contribution in [3.8, 4) is 11.5 Å². The largest absolute Gasteiger partial charge is 0.441 e. The molecular weight excluding hydrogens is 293 g/mol. The minimum Gasteiger partial charge on any atom is -0.441 e. The van der Waals surface area contributed by atoms with E-state index >= 15 is 0 Å². The van der Waals surface area contributed by atoms with Gasteiger partial charge in [0.2, 0.25) is 5.89 Å². The molecule has 0 atom stereocenters. The van der Waals surface area contributed by atoms with E-state index in [0.717, 1.165) is 49.4 Å². The van der Waals surface area contributed by atoms with Crippen molar-refractivity contribution >= 4 is 11.6 Å². The molecule has 3 nitrogen and oxygen atoms in total. The average molecular weight is 303 g/mol. The summed E-state index contributed by atoms with van der Waals surface area (Å²) in [6.45, 7) is 0. The fourth-order valence-corrected chi connectivity index (χ4v) is 2.41. The molecule has 1 aliphatic carbocycles. The average Bonchev–Trinajstić information content (AvgIpc) is 2.81. The van der Waals surface area contributed by atoms with Gasteiger partial charge in [0.15, 0.2) is 0 Å². The first kappa shape index (κ1) is 13.4. The third-order valence-corrected chi connectivity index (χ3v) is 3.52. The molecule has 7 heteroatoms. The van der Waals surface area contributed by atoms with Crippen LogP contribution in [-0.2, 0) is 19.0 Å². The number of oxazole rings is 1. The number of rotatable bonds is 1. The quantitative estimate of drug-likeness (QED) is 0.789. The summed E-state index contributed by atoms with van der Waals surface area (Å²) >= 11 is 5.91. The minimum atomic E-state index is -4.52. The smallest absolute Gasteiger partial charge is 0.433 e. The van der Waals surface area contributed by atoms with E-state index in [-0.39, 0.29) is 16.5 Å². The maximum Gasteiger partial charge on any atom is 0.433 e. The molecule has 0 spiro atoms. The second-order valence-corrected chi connectivity index (χ2v) is 5.05. The standard InChI is InChI=1S/C13H10ClF3N2O/c14-8-6-18-11(13(15,16)17)5-7(8)12-19-9-3-1-2-4-10(9)20-12/h5-6H,1-4H2. The van der Waals surface area contributed by atoms with Gasteiger partial charge in [-0.05, 0) is 25.3 Å². The summed E-state index contributed by atoms with van der Waals surface area (Å²) in [5.41, 5.74) is -0.0656. The van der Waals surface area contributed by atoms with Gasteiger partial charge in [0.05, 0.1) is 16.3 Å². The van der Waals surface area contributed by atoms with Crippen LogP contribution in [0, 0.1) is 0 Å². The van der Waals surface area contributed by atoms with Crippen molar-refractivity contribution < 1.29 is 17.6 Å². The zero-order valence-corrected chi connectivity index (χ0v) is 11.1. The van der Waals surface area contributed by atoms with Crippen LogP contribution in [0.2, 0.25) is 5.02 Å². The summed E-state index contributed by atoms with van der Waals surface area (Å²) in [7, 11) is 0. The molecule has 0 aliphatic heterocycles. The summed E-state index contributed by atoms with van der Waals surface area (Å²) in [6.07, 6.45) is 0.00956. The molecule has 0 saturated heterocycles. The van der Waals surface area contributed by atoms with E-state index in [4.69, 9.17) is 16.0 Å². The number of alkyl halides is 3. The summed E-state index contributed by atoms with van der Waals surface area (Å²) < 4.78 is 43.6. The lowest BCUT2D eigenvalue weighted by Gasteiger charge is -2.07. The van der Waals surface area contributed by atoms with Crippen molar-refractivity contribution in [3.05, 3.63) is 34.4 Å². The molecule has 2 aromatic heterocycles. The van der Waals surface area contributed by atoms with E-state index in [1.165, 1.54) is 0 Å². The fourth-order valence-electron chi connectivity index (χ4n) is 2.22. The molecule has 0 N–H and O–H groups in total. The lowest BCUT2D eigenvalue weighted by molar-refractivity contribution is -0.141. The van der Waals surface area contributed by atoms with Crippen molar-refractivity contribution in [2.24, 2.45) is 0 Å². The van der Waals surface area contributed by atoms with Crippen LogP contribution in [0.4, 0.5) is 13.2 Å². The molecule has 0 amide bonds. The Balaban J connectivity index is 2.07. The Bertz CT molecular complexity index is 628. The molecule has 1 aliphatic rings. The first-order valence-electron chi connectivity index (χ1n) is 6.17. The van der Waals surface area contributed by atoms with Gasteiger partial charge < -0.3 is 4.42 Å². The Kier molecular flexibility index (Phi) is 3.20. The van der Waals surface area contributed by atoms with Gasteiger partial charge in [-0.3, -0.25) is 4.98 Å². The molecule has 106 valence electrons. The summed E-state index contributed by atoms with van der Waals surface area (Å²) in [5.74, 6) is 0.877. The molecule has 3 rings (SSSR count). The predicted octanol–water partition coefficient (Wildman–Crippen LogP) is 4.29. The Morgan fingerprint density at radius 2 is 1.95 bits per heavy atom. The lowest BCUT2D eigenvalue weighted by atomic mass is 10.0. The van der Waals surface area contributed by atoms with Gasteiger partial charge in [-0.25, -0.2) is 4.98 Å². The maximum atomic E-state index is 12.7. The molecule has 0 unspecified atom stereocenters. The molecule has 2 heterocycles. The molecule has 0 aromatic carbocycles. The third kappa shape index (κ3) is 2.40. The highest BCUT2D eigenvalue weighted by Crippen LogP contribution is 2.35. The van der Waals surface area contributed by atoms with Gasteiger partial charge in [-0.2, -0.15) is 13.2 Å². The van der Waals surface area contributed by atoms with E-state index in [9.17, 15) is 13.2 Å². The summed E-state index contributed by atoms with van der Waals surface area (Å²) in [6, 6.07) is 0.875. The first-order valence-corrected chi connectivity index (χ1v) is 6.54. The summed E-state index contributed by atoms with van der Waals surface area (Å²) in [4.78, 5) is 7.55. The van der Waals surface area contributed by atoms with Gasteiger partial charge >= 0.3 is 6.18 Å². The molecule has 20 heavy (non-hydrogen) atoms. The van der Waals surface area contributed by atoms with Crippen molar-refractivity contribution in [1.29, 1.82) is 0 Å². The van der Waals surface area contributed by atoms with Crippen LogP contribution in [0.15, 0.2) is 16.7 Å².